The quantitative estimate of drug-likeness (QED) is 0.722. The first-order chi connectivity index (χ1) is 16.8. The lowest BCUT2D eigenvalue weighted by Gasteiger charge is -2.58. The second-order valence-corrected chi connectivity index (χ2v) is 11.1. The molecular weight excluding hydrogens is 446 g/mol. The van der Waals surface area contributed by atoms with Gasteiger partial charge in [-0.3, -0.25) is 9.59 Å². The van der Waals surface area contributed by atoms with Crippen LogP contribution in [0.5, 0.6) is 0 Å². The number of ether oxygens (including phenoxy) is 1. The van der Waals surface area contributed by atoms with Crippen LogP contribution in [0.1, 0.15) is 50.3 Å². The van der Waals surface area contributed by atoms with E-state index in [1.807, 2.05) is 6.07 Å². The third kappa shape index (κ3) is 3.81. The average molecular weight is 478 g/mol. The van der Waals surface area contributed by atoms with Crippen LogP contribution < -0.4 is 11.3 Å². The first-order valence-electron chi connectivity index (χ1n) is 12.6. The van der Waals surface area contributed by atoms with Crippen molar-refractivity contribution in [3.8, 4) is 11.1 Å². The largest absolute Gasteiger partial charge is 0.446 e. The zero-order chi connectivity index (χ0) is 24.3. The molecule has 5 aliphatic rings. The molecule has 6 atom stereocenters. The Balaban J connectivity index is 1.09. The molecule has 2 amide bonds. The summed E-state index contributed by atoms with van der Waals surface area (Å²) in [6, 6.07) is 3.43. The summed E-state index contributed by atoms with van der Waals surface area (Å²) in [5.74, 6) is 1.58. The zero-order valence-corrected chi connectivity index (χ0v) is 19.9. The van der Waals surface area contributed by atoms with E-state index >= 15 is 0 Å². The lowest BCUT2D eigenvalue weighted by Crippen LogP contribution is -2.59. The summed E-state index contributed by atoms with van der Waals surface area (Å²) in [5.41, 5.74) is 6.89. The highest BCUT2D eigenvalue weighted by atomic mass is 16.6. The molecule has 0 radical (unpaired) electrons. The average Bonchev–Trinajstić information content (AvgIpc) is 3.33. The normalized spacial score (nSPS) is 33.2. The maximum atomic E-state index is 13.1. The topological polar surface area (TPSA) is 120 Å². The van der Waals surface area contributed by atoms with E-state index in [1.54, 1.807) is 36.6 Å². The van der Waals surface area contributed by atoms with Crippen molar-refractivity contribution in [2.24, 2.45) is 36.0 Å². The van der Waals surface area contributed by atoms with Crippen molar-refractivity contribution in [2.45, 2.75) is 50.5 Å². The summed E-state index contributed by atoms with van der Waals surface area (Å²) in [4.78, 5) is 48.0. The van der Waals surface area contributed by atoms with Crippen molar-refractivity contribution >= 4 is 12.0 Å². The van der Waals surface area contributed by atoms with E-state index in [-0.39, 0.29) is 46.8 Å². The Morgan fingerprint density at radius 1 is 1.11 bits per heavy atom. The van der Waals surface area contributed by atoms with E-state index in [2.05, 4.69) is 9.97 Å². The Labute approximate surface area is 203 Å². The van der Waals surface area contributed by atoms with Gasteiger partial charge in [0, 0.05) is 56.3 Å². The van der Waals surface area contributed by atoms with Crippen LogP contribution in [0.2, 0.25) is 0 Å². The number of aromatic nitrogens is 3. The fourth-order valence-electron chi connectivity index (χ4n) is 7.23. The van der Waals surface area contributed by atoms with Crippen molar-refractivity contribution in [1.29, 1.82) is 0 Å². The van der Waals surface area contributed by atoms with E-state index < -0.39 is 0 Å². The third-order valence-corrected chi connectivity index (χ3v) is 8.87. The summed E-state index contributed by atoms with van der Waals surface area (Å²) in [5, 5.41) is 0. The molecule has 3 heterocycles. The van der Waals surface area contributed by atoms with Gasteiger partial charge in [0.1, 0.15) is 11.9 Å². The Hall–Kier alpha value is -3.23. The minimum Gasteiger partial charge on any atom is -0.446 e. The Morgan fingerprint density at radius 3 is 2.49 bits per heavy atom. The molecule has 1 saturated heterocycles. The first kappa shape index (κ1) is 22.2. The Morgan fingerprint density at radius 2 is 1.83 bits per heavy atom. The van der Waals surface area contributed by atoms with Gasteiger partial charge in [-0.15, -0.1) is 0 Å². The Kier molecular flexibility index (Phi) is 5.19. The number of hydrogen-bond acceptors (Lipinski definition) is 6. The molecule has 4 unspecified atom stereocenters. The van der Waals surface area contributed by atoms with Gasteiger partial charge in [0.15, 0.2) is 0 Å². The molecule has 4 bridgehead atoms. The predicted molar refractivity (Wildman–Crippen MR) is 127 cm³/mol. The van der Waals surface area contributed by atoms with Crippen LogP contribution in [0.3, 0.4) is 0 Å². The van der Waals surface area contributed by atoms with E-state index in [4.69, 9.17) is 10.5 Å². The lowest BCUT2D eigenvalue weighted by molar-refractivity contribution is -0.161. The van der Waals surface area contributed by atoms with Gasteiger partial charge in [0.25, 0.3) is 5.56 Å². The van der Waals surface area contributed by atoms with Crippen molar-refractivity contribution in [1.82, 2.24) is 19.4 Å². The van der Waals surface area contributed by atoms with Crippen LogP contribution in [-0.4, -0.2) is 50.6 Å². The van der Waals surface area contributed by atoms with E-state index in [9.17, 15) is 14.4 Å². The molecule has 4 aliphatic carbocycles. The predicted octanol–water partition coefficient (Wildman–Crippen LogP) is 2.45. The fourth-order valence-corrected chi connectivity index (χ4v) is 7.23. The number of nitrogens with two attached hydrogens (primary N) is 1. The van der Waals surface area contributed by atoms with Gasteiger partial charge in [-0.1, -0.05) is 0 Å². The summed E-state index contributed by atoms with van der Waals surface area (Å²) < 4.78 is 7.60. The molecule has 9 heteroatoms. The summed E-state index contributed by atoms with van der Waals surface area (Å²) in [6.07, 6.45) is 10.1. The summed E-state index contributed by atoms with van der Waals surface area (Å²) >= 11 is 0. The maximum absolute atomic E-state index is 13.1. The monoisotopic (exact) mass is 477 g/mol. The highest BCUT2D eigenvalue weighted by Crippen LogP contribution is 2.60. The number of aryl methyl sites for hydroxylation is 1. The van der Waals surface area contributed by atoms with Gasteiger partial charge in [0.05, 0.1) is 5.41 Å². The lowest BCUT2D eigenvalue weighted by atomic mass is 9.48. The second kappa shape index (κ2) is 8.17. The van der Waals surface area contributed by atoms with Crippen LogP contribution in [-0.2, 0) is 16.6 Å². The fraction of sp³-hybridized carbons (Fsp3) is 0.577. The van der Waals surface area contributed by atoms with E-state index in [0.717, 1.165) is 49.7 Å². The molecule has 2 N–H and O–H groups in total. The standard InChI is InChI=1S/C26H31N5O4/c1-30-4-2-16(8-21(30)32)20-12-28-23(29-13-20)17-3-5-31(14-17)25(34)35-22-18-6-15-7-19(22)11-26(9-15,10-18)24(27)33/h2,4,8,12-13,15,17-19,22H,3,5-7,9-11,14H2,1H3,(H2,27,33)/t15?,17?,18-,19+,22?,26?. The molecule has 4 saturated carbocycles. The molecule has 5 fully saturated rings. The van der Waals surface area contributed by atoms with Crippen molar-refractivity contribution in [2.75, 3.05) is 13.1 Å². The number of pyridine rings is 1. The van der Waals surface area contributed by atoms with Gasteiger partial charge in [-0.25, -0.2) is 14.8 Å². The molecular formula is C26H31N5O4. The van der Waals surface area contributed by atoms with Gasteiger partial charge in [-0.05, 0) is 67.9 Å². The summed E-state index contributed by atoms with van der Waals surface area (Å²) in [6.45, 7) is 1.14. The van der Waals surface area contributed by atoms with Crippen LogP contribution in [0.4, 0.5) is 4.79 Å². The van der Waals surface area contributed by atoms with E-state index in [0.29, 0.717) is 24.8 Å². The maximum Gasteiger partial charge on any atom is 0.410 e. The molecule has 2 aromatic heterocycles. The number of carbonyl (C=O) groups excluding carboxylic acids is 2. The molecule has 0 spiro atoms. The zero-order valence-electron chi connectivity index (χ0n) is 19.9. The van der Waals surface area contributed by atoms with Crippen molar-refractivity contribution in [3.05, 3.63) is 46.9 Å². The van der Waals surface area contributed by atoms with Gasteiger partial charge in [0.2, 0.25) is 5.91 Å². The number of primary amides is 1. The Bertz CT molecular complexity index is 1210. The number of hydrogen-bond donors (Lipinski definition) is 1. The summed E-state index contributed by atoms with van der Waals surface area (Å²) in [7, 11) is 1.71. The van der Waals surface area contributed by atoms with Gasteiger partial charge >= 0.3 is 6.09 Å². The first-order valence-corrected chi connectivity index (χ1v) is 12.6. The molecule has 7 rings (SSSR count). The van der Waals surface area contributed by atoms with E-state index in [1.165, 1.54) is 4.57 Å². The number of nitrogens with zero attached hydrogens (tertiary/aromatic N) is 4. The van der Waals surface area contributed by atoms with Crippen LogP contribution in [0.25, 0.3) is 11.1 Å². The number of rotatable bonds is 4. The minimum atomic E-state index is -0.381. The third-order valence-electron chi connectivity index (χ3n) is 8.87. The SMILES string of the molecule is Cn1ccc(-c2cnc(C3CCN(C(=O)OC4[C@@H]5CC6C[C@H]4CC(C(N)=O)(C6)C5)C3)nc2)cc1=O. The molecule has 9 nitrogen and oxygen atoms in total. The molecule has 1 aliphatic heterocycles. The van der Waals surface area contributed by atoms with Gasteiger partial charge in [-0.2, -0.15) is 0 Å². The number of carbonyl (C=O) groups is 2. The van der Waals surface area contributed by atoms with Crippen LogP contribution in [0, 0.1) is 23.2 Å². The molecule has 0 aromatic carbocycles. The van der Waals surface area contributed by atoms with Crippen molar-refractivity contribution in [3.63, 3.8) is 0 Å². The number of amides is 2. The van der Waals surface area contributed by atoms with Crippen molar-refractivity contribution < 1.29 is 14.3 Å². The molecule has 35 heavy (non-hydrogen) atoms. The highest BCUT2D eigenvalue weighted by Gasteiger charge is 2.59. The number of likely N-dealkylation sites (tertiary alicyclic amines) is 1. The molecule has 2 aromatic rings. The minimum absolute atomic E-state index is 0.0527. The van der Waals surface area contributed by atoms with Crippen LogP contribution in [0.15, 0.2) is 35.5 Å². The smallest absolute Gasteiger partial charge is 0.410 e. The second-order valence-electron chi connectivity index (χ2n) is 11.1. The van der Waals surface area contributed by atoms with Gasteiger partial charge < -0.3 is 19.9 Å². The van der Waals surface area contributed by atoms with Crippen LogP contribution >= 0.6 is 0 Å². The highest BCUT2D eigenvalue weighted by molar-refractivity contribution is 5.81. The molecule has 184 valence electrons.